The van der Waals surface area contributed by atoms with Crippen LogP contribution in [0.15, 0.2) is 40.9 Å². The van der Waals surface area contributed by atoms with Crippen molar-refractivity contribution in [3.8, 4) is 11.1 Å². The van der Waals surface area contributed by atoms with Crippen LogP contribution in [-0.4, -0.2) is 0 Å². The molecule has 0 amide bonds. The number of halogens is 2. The van der Waals surface area contributed by atoms with Crippen LogP contribution in [0, 0.1) is 19.7 Å². The predicted molar refractivity (Wildman–Crippen MR) is 69.0 cm³/mol. The second-order valence-electron chi connectivity index (χ2n) is 3.93. The first kappa shape index (κ1) is 11.3. The van der Waals surface area contributed by atoms with Crippen molar-refractivity contribution in [2.75, 3.05) is 0 Å². The van der Waals surface area contributed by atoms with Gasteiger partial charge in [-0.25, -0.2) is 4.39 Å². The normalized spacial score (nSPS) is 10.5. The molecular weight excluding hydrogens is 267 g/mol. The van der Waals surface area contributed by atoms with Gasteiger partial charge in [0.15, 0.2) is 0 Å². The quantitative estimate of drug-likeness (QED) is 0.698. The lowest BCUT2D eigenvalue weighted by molar-refractivity contribution is 0.621. The molecule has 0 saturated carbocycles. The third kappa shape index (κ3) is 2.17. The molecule has 0 aliphatic carbocycles. The van der Waals surface area contributed by atoms with Gasteiger partial charge < -0.3 is 0 Å². The van der Waals surface area contributed by atoms with Crippen molar-refractivity contribution in [2.24, 2.45) is 0 Å². The minimum atomic E-state index is -0.226. The SMILES string of the molecule is Cc1ccc(-c2ccc(Br)c(F)c2)cc1C. The largest absolute Gasteiger partial charge is 0.206 e. The Morgan fingerprint density at radius 2 is 1.50 bits per heavy atom. The monoisotopic (exact) mass is 278 g/mol. The zero-order chi connectivity index (χ0) is 11.7. The molecule has 0 unspecified atom stereocenters. The van der Waals surface area contributed by atoms with Gasteiger partial charge in [-0.05, 0) is 64.2 Å². The fraction of sp³-hybridized carbons (Fsp3) is 0.143. The van der Waals surface area contributed by atoms with Gasteiger partial charge in [-0.2, -0.15) is 0 Å². The molecule has 2 rings (SSSR count). The van der Waals surface area contributed by atoms with E-state index in [1.165, 1.54) is 11.1 Å². The summed E-state index contributed by atoms with van der Waals surface area (Å²) in [5, 5.41) is 0. The van der Waals surface area contributed by atoms with Crippen molar-refractivity contribution < 1.29 is 4.39 Å². The summed E-state index contributed by atoms with van der Waals surface area (Å²) < 4.78 is 13.9. The summed E-state index contributed by atoms with van der Waals surface area (Å²) >= 11 is 3.15. The van der Waals surface area contributed by atoms with Crippen LogP contribution >= 0.6 is 15.9 Å². The van der Waals surface area contributed by atoms with Crippen molar-refractivity contribution in [1.82, 2.24) is 0 Å². The molecule has 0 aliphatic rings. The molecule has 0 fully saturated rings. The molecule has 0 atom stereocenters. The molecule has 2 aromatic carbocycles. The Labute approximate surface area is 103 Å². The van der Waals surface area contributed by atoms with Crippen LogP contribution in [0.25, 0.3) is 11.1 Å². The maximum atomic E-state index is 13.4. The summed E-state index contributed by atoms with van der Waals surface area (Å²) in [5.74, 6) is -0.226. The fourth-order valence-corrected chi connectivity index (χ4v) is 1.84. The van der Waals surface area contributed by atoms with E-state index in [1.807, 2.05) is 12.1 Å². The Balaban J connectivity index is 2.50. The average molecular weight is 279 g/mol. The zero-order valence-electron chi connectivity index (χ0n) is 9.22. The van der Waals surface area contributed by atoms with E-state index in [2.05, 4.69) is 41.9 Å². The van der Waals surface area contributed by atoms with Gasteiger partial charge in [-0.15, -0.1) is 0 Å². The van der Waals surface area contributed by atoms with E-state index in [-0.39, 0.29) is 5.82 Å². The summed E-state index contributed by atoms with van der Waals surface area (Å²) in [5.41, 5.74) is 4.43. The van der Waals surface area contributed by atoms with Crippen LogP contribution < -0.4 is 0 Å². The van der Waals surface area contributed by atoms with Gasteiger partial charge in [0.05, 0.1) is 4.47 Å². The highest BCUT2D eigenvalue weighted by Gasteiger charge is 2.03. The lowest BCUT2D eigenvalue weighted by Crippen LogP contribution is -1.85. The molecule has 0 radical (unpaired) electrons. The first-order chi connectivity index (χ1) is 7.58. The summed E-state index contributed by atoms with van der Waals surface area (Å²) in [7, 11) is 0. The lowest BCUT2D eigenvalue weighted by Gasteiger charge is -2.06. The first-order valence-corrected chi connectivity index (χ1v) is 5.90. The molecule has 16 heavy (non-hydrogen) atoms. The maximum absolute atomic E-state index is 13.4. The van der Waals surface area contributed by atoms with Gasteiger partial charge >= 0.3 is 0 Å². The molecule has 2 heteroatoms. The second kappa shape index (κ2) is 4.38. The first-order valence-electron chi connectivity index (χ1n) is 5.10. The summed E-state index contributed by atoms with van der Waals surface area (Å²) in [4.78, 5) is 0. The number of aryl methyl sites for hydroxylation is 2. The summed E-state index contributed by atoms with van der Waals surface area (Å²) in [6.07, 6.45) is 0. The Bertz CT molecular complexity index is 483. The summed E-state index contributed by atoms with van der Waals surface area (Å²) in [6.45, 7) is 4.13. The van der Waals surface area contributed by atoms with E-state index in [0.717, 1.165) is 11.1 Å². The van der Waals surface area contributed by atoms with Gasteiger partial charge in [-0.1, -0.05) is 24.3 Å². The van der Waals surface area contributed by atoms with E-state index < -0.39 is 0 Å². The van der Waals surface area contributed by atoms with Crippen molar-refractivity contribution in [3.63, 3.8) is 0 Å². The average Bonchev–Trinajstić information content (AvgIpc) is 2.26. The standard InChI is InChI=1S/C14H12BrF/c1-9-3-4-11(7-10(9)2)12-5-6-13(15)14(16)8-12/h3-8H,1-2H3. The van der Waals surface area contributed by atoms with Crippen LogP contribution in [-0.2, 0) is 0 Å². The molecule has 0 heterocycles. The van der Waals surface area contributed by atoms with Gasteiger partial charge in [-0.3, -0.25) is 0 Å². The van der Waals surface area contributed by atoms with E-state index in [9.17, 15) is 4.39 Å². The zero-order valence-corrected chi connectivity index (χ0v) is 10.8. The molecule has 0 N–H and O–H groups in total. The highest BCUT2D eigenvalue weighted by Crippen LogP contribution is 2.25. The van der Waals surface area contributed by atoms with Crippen LogP contribution in [0.1, 0.15) is 11.1 Å². The number of hydrogen-bond donors (Lipinski definition) is 0. The van der Waals surface area contributed by atoms with Gasteiger partial charge in [0, 0.05) is 0 Å². The third-order valence-electron chi connectivity index (χ3n) is 2.76. The fourth-order valence-electron chi connectivity index (χ4n) is 1.60. The van der Waals surface area contributed by atoms with E-state index in [1.54, 1.807) is 12.1 Å². The number of benzene rings is 2. The Morgan fingerprint density at radius 3 is 2.12 bits per heavy atom. The van der Waals surface area contributed by atoms with Gasteiger partial charge in [0.2, 0.25) is 0 Å². The van der Waals surface area contributed by atoms with Crippen molar-refractivity contribution >= 4 is 15.9 Å². The van der Waals surface area contributed by atoms with E-state index in [0.29, 0.717) is 4.47 Å². The Kier molecular flexibility index (Phi) is 3.10. The highest BCUT2D eigenvalue weighted by atomic mass is 79.9. The predicted octanol–water partition coefficient (Wildman–Crippen LogP) is 4.87. The molecule has 0 spiro atoms. The molecule has 2 aromatic rings. The van der Waals surface area contributed by atoms with Crippen LogP contribution in [0.3, 0.4) is 0 Å². The van der Waals surface area contributed by atoms with Crippen LogP contribution in [0.2, 0.25) is 0 Å². The summed E-state index contributed by atoms with van der Waals surface area (Å²) in [6, 6.07) is 11.4. The van der Waals surface area contributed by atoms with E-state index >= 15 is 0 Å². The molecule has 0 aromatic heterocycles. The highest BCUT2D eigenvalue weighted by molar-refractivity contribution is 9.10. The van der Waals surface area contributed by atoms with Crippen molar-refractivity contribution in [1.29, 1.82) is 0 Å². The Morgan fingerprint density at radius 1 is 0.875 bits per heavy atom. The topological polar surface area (TPSA) is 0 Å². The molecule has 0 nitrogen and oxygen atoms in total. The number of hydrogen-bond acceptors (Lipinski definition) is 0. The Hall–Kier alpha value is -1.15. The van der Waals surface area contributed by atoms with Gasteiger partial charge in [0.25, 0.3) is 0 Å². The van der Waals surface area contributed by atoms with Crippen molar-refractivity contribution in [2.45, 2.75) is 13.8 Å². The molecule has 0 bridgehead atoms. The van der Waals surface area contributed by atoms with Crippen LogP contribution in [0.5, 0.6) is 0 Å². The molecule has 0 saturated heterocycles. The second-order valence-corrected chi connectivity index (χ2v) is 4.78. The lowest BCUT2D eigenvalue weighted by atomic mass is 10.0. The minimum Gasteiger partial charge on any atom is -0.206 e. The minimum absolute atomic E-state index is 0.226. The van der Waals surface area contributed by atoms with Crippen LogP contribution in [0.4, 0.5) is 4.39 Å². The van der Waals surface area contributed by atoms with Crippen molar-refractivity contribution in [3.05, 3.63) is 57.8 Å². The van der Waals surface area contributed by atoms with Gasteiger partial charge in [0.1, 0.15) is 5.82 Å². The third-order valence-corrected chi connectivity index (χ3v) is 3.40. The molecular formula is C14H12BrF. The van der Waals surface area contributed by atoms with E-state index in [4.69, 9.17) is 0 Å². The molecule has 0 aliphatic heterocycles. The maximum Gasteiger partial charge on any atom is 0.137 e. The number of rotatable bonds is 1. The molecule has 82 valence electrons. The smallest absolute Gasteiger partial charge is 0.137 e.